The van der Waals surface area contributed by atoms with E-state index >= 15 is 0 Å². The summed E-state index contributed by atoms with van der Waals surface area (Å²) in [5.41, 5.74) is 2.04. The average molecular weight is 353 g/mol. The maximum Gasteiger partial charge on any atom is 0.190 e. The summed E-state index contributed by atoms with van der Waals surface area (Å²) in [7, 11) is 0. The Labute approximate surface area is 151 Å². The molecule has 0 atom stereocenters. The van der Waals surface area contributed by atoms with Gasteiger partial charge in [0, 0.05) is 17.6 Å². The minimum atomic E-state index is 0.488. The van der Waals surface area contributed by atoms with Crippen LogP contribution in [0.3, 0.4) is 0 Å². The van der Waals surface area contributed by atoms with Gasteiger partial charge in [0.05, 0.1) is 23.8 Å². The van der Waals surface area contributed by atoms with E-state index in [9.17, 15) is 0 Å². The fraction of sp³-hybridized carbons (Fsp3) is 0.400. The lowest BCUT2D eigenvalue weighted by molar-refractivity contribution is 0.367. The van der Waals surface area contributed by atoms with E-state index in [2.05, 4.69) is 14.9 Å². The number of furan rings is 1. The lowest BCUT2D eigenvalue weighted by Gasteiger charge is -2.23. The Kier molecular flexibility index (Phi) is 5.11. The van der Waals surface area contributed by atoms with Crippen molar-refractivity contribution in [3.05, 3.63) is 53.1 Å². The molecule has 0 spiro atoms. The molecule has 1 aliphatic carbocycles. The summed E-state index contributed by atoms with van der Waals surface area (Å²) in [6.07, 6.45) is 14.4. The predicted molar refractivity (Wildman–Crippen MR) is 101 cm³/mol. The molecule has 0 unspecified atom stereocenters. The quantitative estimate of drug-likeness (QED) is 0.604. The van der Waals surface area contributed by atoms with Gasteiger partial charge >= 0.3 is 0 Å². The topological polar surface area (TPSA) is 43.3 Å². The molecule has 0 N–H and O–H groups in total. The first-order valence-corrected chi connectivity index (χ1v) is 9.98. The summed E-state index contributed by atoms with van der Waals surface area (Å²) in [5, 5.41) is 2.17. The van der Waals surface area contributed by atoms with Gasteiger partial charge in [0.1, 0.15) is 0 Å². The third-order valence-electron chi connectivity index (χ3n) is 4.83. The Balaban J connectivity index is 1.80. The minimum Gasteiger partial charge on any atom is -0.463 e. The second kappa shape index (κ2) is 7.83. The van der Waals surface area contributed by atoms with E-state index in [0.29, 0.717) is 6.04 Å². The number of hydrogen-bond acceptors (Lipinski definition) is 4. The number of aromatic nitrogens is 2. The van der Waals surface area contributed by atoms with Gasteiger partial charge in [0.2, 0.25) is 0 Å². The fourth-order valence-electron chi connectivity index (χ4n) is 3.58. The monoisotopic (exact) mass is 353 g/mol. The zero-order valence-corrected chi connectivity index (χ0v) is 15.1. The molecule has 25 heavy (non-hydrogen) atoms. The summed E-state index contributed by atoms with van der Waals surface area (Å²) < 4.78 is 8.11. The Bertz CT molecular complexity index is 841. The van der Waals surface area contributed by atoms with E-state index in [1.165, 1.54) is 44.9 Å². The van der Waals surface area contributed by atoms with Crippen LogP contribution in [0.5, 0.6) is 0 Å². The third kappa shape index (κ3) is 3.76. The molecule has 0 amide bonds. The molecule has 1 aliphatic rings. The van der Waals surface area contributed by atoms with Gasteiger partial charge in [-0.2, -0.15) is 0 Å². The van der Waals surface area contributed by atoms with E-state index in [0.717, 1.165) is 21.9 Å². The summed E-state index contributed by atoms with van der Waals surface area (Å²) in [6.45, 7) is 0. The van der Waals surface area contributed by atoms with Crippen molar-refractivity contribution in [2.45, 2.75) is 51.0 Å². The van der Waals surface area contributed by atoms with E-state index in [-0.39, 0.29) is 0 Å². The highest BCUT2D eigenvalue weighted by Crippen LogP contribution is 2.31. The van der Waals surface area contributed by atoms with Crippen LogP contribution in [0.1, 0.15) is 51.0 Å². The molecule has 130 valence electrons. The van der Waals surface area contributed by atoms with Gasteiger partial charge < -0.3 is 8.98 Å². The molecule has 3 aromatic rings. The van der Waals surface area contributed by atoms with Crippen LogP contribution in [0.25, 0.3) is 11.5 Å². The standard InChI is InChI=1S/C20H23N3OS/c1-2-4-9-17(10-5-3-1)23-18(19-11-7-13-24-19)15-25-20(23)22-16-8-6-12-21-14-16/h6-8,11-15,17H,1-5,9-10H2. The van der Waals surface area contributed by atoms with Crippen LogP contribution in [-0.4, -0.2) is 9.55 Å². The summed E-state index contributed by atoms with van der Waals surface area (Å²) in [5.74, 6) is 0.922. The van der Waals surface area contributed by atoms with Gasteiger partial charge in [-0.05, 0) is 37.1 Å². The van der Waals surface area contributed by atoms with Crippen molar-refractivity contribution in [1.29, 1.82) is 0 Å². The Hall–Kier alpha value is -2.14. The molecule has 0 aromatic carbocycles. The van der Waals surface area contributed by atoms with Gasteiger partial charge in [0.15, 0.2) is 10.6 Å². The predicted octanol–water partition coefficient (Wildman–Crippen LogP) is 5.72. The van der Waals surface area contributed by atoms with Crippen LogP contribution in [0, 0.1) is 0 Å². The molecule has 0 aliphatic heterocycles. The Morgan fingerprint density at radius 1 is 1.08 bits per heavy atom. The zero-order chi connectivity index (χ0) is 16.9. The molecule has 5 heteroatoms. The van der Waals surface area contributed by atoms with Gasteiger partial charge in [-0.1, -0.05) is 32.1 Å². The van der Waals surface area contributed by atoms with E-state index in [1.807, 2.05) is 30.5 Å². The van der Waals surface area contributed by atoms with Crippen molar-refractivity contribution in [3.63, 3.8) is 0 Å². The molecule has 0 radical (unpaired) electrons. The highest BCUT2D eigenvalue weighted by molar-refractivity contribution is 7.07. The lowest BCUT2D eigenvalue weighted by atomic mass is 9.96. The summed E-state index contributed by atoms with van der Waals surface area (Å²) in [4.78, 5) is 10.1. The second-order valence-corrected chi connectivity index (χ2v) is 7.41. The molecule has 4 nitrogen and oxygen atoms in total. The fourth-order valence-corrected chi connectivity index (χ4v) is 4.55. The van der Waals surface area contributed by atoms with E-state index < -0.39 is 0 Å². The molecule has 0 bridgehead atoms. The van der Waals surface area contributed by atoms with E-state index in [1.54, 1.807) is 23.8 Å². The molecular weight excluding hydrogens is 330 g/mol. The number of rotatable bonds is 3. The van der Waals surface area contributed by atoms with Crippen molar-refractivity contribution < 1.29 is 4.42 Å². The van der Waals surface area contributed by atoms with Crippen LogP contribution in [-0.2, 0) is 0 Å². The van der Waals surface area contributed by atoms with Crippen molar-refractivity contribution in [2.24, 2.45) is 4.99 Å². The molecule has 1 saturated carbocycles. The van der Waals surface area contributed by atoms with Crippen LogP contribution in [0.2, 0.25) is 0 Å². The lowest BCUT2D eigenvalue weighted by Crippen LogP contribution is -2.22. The first kappa shape index (κ1) is 16.3. The van der Waals surface area contributed by atoms with Crippen LogP contribution in [0.4, 0.5) is 5.69 Å². The van der Waals surface area contributed by atoms with Crippen molar-refractivity contribution >= 4 is 17.0 Å². The van der Waals surface area contributed by atoms with Crippen LogP contribution >= 0.6 is 11.3 Å². The molecule has 1 fully saturated rings. The molecule has 3 heterocycles. The normalized spacial score (nSPS) is 17.4. The van der Waals surface area contributed by atoms with Gasteiger partial charge in [-0.3, -0.25) is 4.98 Å². The van der Waals surface area contributed by atoms with Gasteiger partial charge in [0.25, 0.3) is 0 Å². The minimum absolute atomic E-state index is 0.488. The van der Waals surface area contributed by atoms with Crippen molar-refractivity contribution in [1.82, 2.24) is 9.55 Å². The number of nitrogens with zero attached hydrogens (tertiary/aromatic N) is 3. The zero-order valence-electron chi connectivity index (χ0n) is 14.3. The molecule has 0 saturated heterocycles. The van der Waals surface area contributed by atoms with Gasteiger partial charge in [-0.15, -0.1) is 11.3 Å². The number of thiazole rings is 1. The highest BCUT2D eigenvalue weighted by Gasteiger charge is 2.20. The molecular formula is C20H23N3OS. The SMILES string of the molecule is c1cncc(N=c2scc(-c3ccco3)n2C2CCCCCCC2)c1. The molecule has 4 rings (SSSR count). The van der Waals surface area contributed by atoms with Crippen molar-refractivity contribution in [3.8, 4) is 11.5 Å². The van der Waals surface area contributed by atoms with Crippen LogP contribution in [0.15, 0.2) is 57.7 Å². The average Bonchev–Trinajstić information content (AvgIpc) is 3.26. The van der Waals surface area contributed by atoms with E-state index in [4.69, 9.17) is 9.41 Å². The third-order valence-corrected chi connectivity index (χ3v) is 5.67. The summed E-state index contributed by atoms with van der Waals surface area (Å²) in [6, 6.07) is 8.41. The maximum absolute atomic E-state index is 5.70. The highest BCUT2D eigenvalue weighted by atomic mass is 32.1. The second-order valence-electron chi connectivity index (χ2n) is 6.57. The Morgan fingerprint density at radius 3 is 2.64 bits per heavy atom. The Morgan fingerprint density at radius 2 is 1.92 bits per heavy atom. The van der Waals surface area contributed by atoms with Gasteiger partial charge in [-0.25, -0.2) is 4.99 Å². The summed E-state index contributed by atoms with van der Waals surface area (Å²) >= 11 is 1.68. The first-order chi connectivity index (χ1) is 12.4. The first-order valence-electron chi connectivity index (χ1n) is 9.10. The molecule has 3 aromatic heterocycles. The van der Waals surface area contributed by atoms with Crippen LogP contribution < -0.4 is 4.80 Å². The smallest absolute Gasteiger partial charge is 0.190 e. The largest absolute Gasteiger partial charge is 0.463 e. The maximum atomic E-state index is 5.70. The number of hydrogen-bond donors (Lipinski definition) is 0. The van der Waals surface area contributed by atoms with Crippen molar-refractivity contribution in [2.75, 3.05) is 0 Å². The number of pyridine rings is 1.